The fraction of sp³-hybridized carbons (Fsp3) is 0.917. The van der Waals surface area contributed by atoms with Gasteiger partial charge in [0, 0.05) is 6.92 Å². The van der Waals surface area contributed by atoms with Gasteiger partial charge in [-0.3, -0.25) is 4.79 Å². The fourth-order valence-corrected chi connectivity index (χ4v) is 2.27. The van der Waals surface area contributed by atoms with Crippen LogP contribution in [-0.2, 0) is 19.0 Å². The van der Waals surface area contributed by atoms with Crippen LogP contribution in [0.3, 0.4) is 0 Å². The molecular formula is C12H21NO6. The third-order valence-electron chi connectivity index (χ3n) is 3.23. The summed E-state index contributed by atoms with van der Waals surface area (Å²) < 4.78 is 16.5. The number of fused-ring (bicyclic) bond motifs is 2. The van der Waals surface area contributed by atoms with Crippen molar-refractivity contribution in [1.82, 2.24) is 5.32 Å². The highest BCUT2D eigenvalue weighted by atomic mass is 16.8. The number of carbonyl (C=O) groups excluding carboxylic acids is 1. The molecule has 2 fully saturated rings. The summed E-state index contributed by atoms with van der Waals surface area (Å²) in [5.74, 6) is -1.41. The minimum atomic E-state index is -1.34. The second kappa shape index (κ2) is 5.34. The third-order valence-corrected chi connectivity index (χ3v) is 3.23. The molecule has 5 atom stereocenters. The summed E-state index contributed by atoms with van der Waals surface area (Å²) in [5.41, 5.74) is 0. The van der Waals surface area contributed by atoms with Crippen LogP contribution in [0.2, 0.25) is 0 Å². The molecular weight excluding hydrogens is 254 g/mol. The lowest BCUT2D eigenvalue weighted by Gasteiger charge is -2.42. The number of carbonyl (C=O) groups is 1. The maximum absolute atomic E-state index is 11.1. The SMILES string of the molecule is CC(=O)N[C@H]1[C@H]2OC[C@](OCC(C)C)(O2)[C@H](O)[C@@H]1O. The number of hydrogen-bond donors (Lipinski definition) is 3. The van der Waals surface area contributed by atoms with Crippen LogP contribution in [-0.4, -0.2) is 59.7 Å². The first-order chi connectivity index (χ1) is 8.85. The average Bonchev–Trinajstić information content (AvgIpc) is 2.73. The first kappa shape index (κ1) is 14.7. The van der Waals surface area contributed by atoms with E-state index in [-0.39, 0.29) is 18.4 Å². The van der Waals surface area contributed by atoms with Crippen molar-refractivity contribution in [3.8, 4) is 0 Å². The number of aliphatic hydroxyl groups excluding tert-OH is 2. The lowest BCUT2D eigenvalue weighted by Crippen LogP contribution is -2.66. The van der Waals surface area contributed by atoms with Crippen LogP contribution < -0.4 is 5.32 Å². The summed E-state index contributed by atoms with van der Waals surface area (Å²) in [6, 6.07) is -0.800. The largest absolute Gasteiger partial charge is 0.388 e. The number of rotatable bonds is 4. The molecule has 0 unspecified atom stereocenters. The fourth-order valence-electron chi connectivity index (χ4n) is 2.27. The van der Waals surface area contributed by atoms with E-state index in [9.17, 15) is 15.0 Å². The molecule has 2 saturated heterocycles. The Kier molecular flexibility index (Phi) is 4.12. The Morgan fingerprint density at radius 1 is 1.53 bits per heavy atom. The van der Waals surface area contributed by atoms with Gasteiger partial charge in [0.05, 0.1) is 6.61 Å². The van der Waals surface area contributed by atoms with E-state index in [1.165, 1.54) is 6.92 Å². The van der Waals surface area contributed by atoms with Gasteiger partial charge in [-0.1, -0.05) is 13.8 Å². The Labute approximate surface area is 111 Å². The van der Waals surface area contributed by atoms with Crippen molar-refractivity contribution >= 4 is 5.91 Å². The highest BCUT2D eigenvalue weighted by Gasteiger charge is 2.60. The summed E-state index contributed by atoms with van der Waals surface area (Å²) in [4.78, 5) is 11.1. The molecule has 2 rings (SSSR count). The Morgan fingerprint density at radius 2 is 2.21 bits per heavy atom. The zero-order chi connectivity index (χ0) is 14.2. The van der Waals surface area contributed by atoms with Crippen molar-refractivity contribution in [2.75, 3.05) is 13.2 Å². The van der Waals surface area contributed by atoms with Gasteiger partial charge in [0.1, 0.15) is 24.9 Å². The van der Waals surface area contributed by atoms with E-state index < -0.39 is 30.3 Å². The standard InChI is InChI=1S/C12H21NO6/c1-6(2)4-18-12-5-17-11(19-12)8(13-7(3)14)9(15)10(12)16/h6,8-11,15-16H,4-5H2,1-3H3,(H,13,14)/t8-,9-,10-,11+,12+/m1/s1. The average molecular weight is 275 g/mol. The molecule has 7 heteroatoms. The van der Waals surface area contributed by atoms with Crippen molar-refractivity contribution in [2.45, 2.75) is 51.1 Å². The molecule has 2 aliphatic rings. The quantitative estimate of drug-likeness (QED) is 0.607. The van der Waals surface area contributed by atoms with E-state index in [0.29, 0.717) is 6.61 Å². The molecule has 2 bridgehead atoms. The molecule has 2 aliphatic heterocycles. The highest BCUT2D eigenvalue weighted by molar-refractivity contribution is 5.73. The number of hydrogen-bond acceptors (Lipinski definition) is 6. The van der Waals surface area contributed by atoms with Crippen LogP contribution in [0.15, 0.2) is 0 Å². The third kappa shape index (κ3) is 2.75. The molecule has 0 spiro atoms. The van der Waals surface area contributed by atoms with Crippen molar-refractivity contribution in [3.05, 3.63) is 0 Å². The van der Waals surface area contributed by atoms with Gasteiger partial charge in [-0.05, 0) is 5.92 Å². The van der Waals surface area contributed by atoms with Crippen LogP contribution in [0, 0.1) is 5.92 Å². The van der Waals surface area contributed by atoms with Gasteiger partial charge in [0.15, 0.2) is 6.29 Å². The van der Waals surface area contributed by atoms with Crippen molar-refractivity contribution in [1.29, 1.82) is 0 Å². The molecule has 7 nitrogen and oxygen atoms in total. The molecule has 0 radical (unpaired) electrons. The minimum absolute atomic E-state index is 0.0265. The van der Waals surface area contributed by atoms with Crippen LogP contribution in [0.5, 0.6) is 0 Å². The van der Waals surface area contributed by atoms with Gasteiger partial charge >= 0.3 is 0 Å². The predicted octanol–water partition coefficient (Wildman–Crippen LogP) is -1.03. The van der Waals surface area contributed by atoms with Crippen molar-refractivity contribution in [3.63, 3.8) is 0 Å². The van der Waals surface area contributed by atoms with Crippen LogP contribution >= 0.6 is 0 Å². The van der Waals surface area contributed by atoms with Gasteiger partial charge in [0.25, 0.3) is 0 Å². The van der Waals surface area contributed by atoms with Crippen LogP contribution in [0.25, 0.3) is 0 Å². The number of aliphatic hydroxyl groups is 2. The zero-order valence-electron chi connectivity index (χ0n) is 11.3. The topological polar surface area (TPSA) is 97.3 Å². The summed E-state index contributed by atoms with van der Waals surface area (Å²) in [6.07, 6.45) is -3.28. The van der Waals surface area contributed by atoms with Gasteiger partial charge in [-0.2, -0.15) is 0 Å². The lowest BCUT2D eigenvalue weighted by atomic mass is 9.96. The van der Waals surface area contributed by atoms with E-state index in [4.69, 9.17) is 14.2 Å². The molecule has 19 heavy (non-hydrogen) atoms. The maximum atomic E-state index is 11.1. The van der Waals surface area contributed by atoms with Crippen molar-refractivity contribution in [2.24, 2.45) is 5.92 Å². The van der Waals surface area contributed by atoms with Gasteiger partial charge in [-0.25, -0.2) is 0 Å². The monoisotopic (exact) mass is 275 g/mol. The molecule has 0 saturated carbocycles. The number of ether oxygens (including phenoxy) is 3. The first-order valence-electron chi connectivity index (χ1n) is 6.42. The molecule has 0 aromatic rings. The van der Waals surface area contributed by atoms with E-state index in [1.807, 2.05) is 13.8 Å². The molecule has 2 heterocycles. The normalized spacial score (nSPS) is 41.6. The van der Waals surface area contributed by atoms with E-state index >= 15 is 0 Å². The summed E-state index contributed by atoms with van der Waals surface area (Å²) >= 11 is 0. The second-order valence-electron chi connectivity index (χ2n) is 5.48. The number of nitrogens with one attached hydrogen (secondary N) is 1. The molecule has 0 aromatic heterocycles. The maximum Gasteiger partial charge on any atom is 0.223 e. The summed E-state index contributed by atoms with van der Waals surface area (Å²) in [5, 5.41) is 22.8. The van der Waals surface area contributed by atoms with E-state index in [1.54, 1.807) is 0 Å². The molecule has 1 amide bonds. The van der Waals surface area contributed by atoms with Gasteiger partial charge < -0.3 is 29.7 Å². The first-order valence-corrected chi connectivity index (χ1v) is 6.42. The Balaban J connectivity index is 2.10. The van der Waals surface area contributed by atoms with Crippen LogP contribution in [0.1, 0.15) is 20.8 Å². The number of amides is 1. The summed E-state index contributed by atoms with van der Waals surface area (Å²) in [7, 11) is 0. The second-order valence-corrected chi connectivity index (χ2v) is 5.48. The highest BCUT2D eigenvalue weighted by Crippen LogP contribution is 2.38. The van der Waals surface area contributed by atoms with Crippen molar-refractivity contribution < 1.29 is 29.2 Å². The molecule has 0 aromatic carbocycles. The summed E-state index contributed by atoms with van der Waals surface area (Å²) in [6.45, 7) is 5.67. The van der Waals surface area contributed by atoms with E-state index in [2.05, 4.69) is 5.32 Å². The predicted molar refractivity (Wildman–Crippen MR) is 64.0 cm³/mol. The lowest BCUT2D eigenvalue weighted by molar-refractivity contribution is -0.320. The van der Waals surface area contributed by atoms with Crippen LogP contribution in [0.4, 0.5) is 0 Å². The molecule has 110 valence electrons. The Hall–Kier alpha value is -0.730. The molecule has 3 N–H and O–H groups in total. The smallest absolute Gasteiger partial charge is 0.223 e. The van der Waals surface area contributed by atoms with E-state index in [0.717, 1.165) is 0 Å². The Bertz CT molecular complexity index is 349. The van der Waals surface area contributed by atoms with Gasteiger partial charge in [0.2, 0.25) is 11.7 Å². The zero-order valence-corrected chi connectivity index (χ0v) is 11.3. The molecule has 0 aliphatic carbocycles. The Morgan fingerprint density at radius 3 is 2.79 bits per heavy atom. The van der Waals surface area contributed by atoms with Gasteiger partial charge in [-0.15, -0.1) is 0 Å². The minimum Gasteiger partial charge on any atom is -0.388 e.